The maximum atomic E-state index is 6.02. The summed E-state index contributed by atoms with van der Waals surface area (Å²) in [4.78, 5) is 8.62. The fourth-order valence-electron chi connectivity index (χ4n) is 1.98. The van der Waals surface area contributed by atoms with Crippen molar-refractivity contribution >= 4 is 29.1 Å². The molecular formula is C16H15ClN6. The van der Waals surface area contributed by atoms with Crippen LogP contribution in [-0.2, 0) is 6.54 Å². The van der Waals surface area contributed by atoms with Gasteiger partial charge in [-0.1, -0.05) is 23.7 Å². The lowest BCUT2D eigenvalue weighted by Crippen LogP contribution is -2.07. The van der Waals surface area contributed by atoms with Crippen LogP contribution in [0.1, 0.15) is 11.3 Å². The molecule has 0 bridgehead atoms. The molecule has 7 heteroatoms. The maximum Gasteiger partial charge on any atom is 0.245 e. The molecule has 0 aliphatic carbocycles. The lowest BCUT2D eigenvalue weighted by molar-refractivity contribution is 0.934. The predicted molar refractivity (Wildman–Crippen MR) is 90.9 cm³/mol. The van der Waals surface area contributed by atoms with E-state index in [1.807, 2.05) is 43.3 Å². The van der Waals surface area contributed by atoms with Crippen molar-refractivity contribution in [2.75, 3.05) is 10.6 Å². The molecule has 2 aromatic heterocycles. The number of benzene rings is 1. The highest BCUT2D eigenvalue weighted by molar-refractivity contribution is 6.30. The van der Waals surface area contributed by atoms with Crippen LogP contribution in [0.4, 0.5) is 17.5 Å². The molecule has 2 N–H and O–H groups in total. The van der Waals surface area contributed by atoms with Crippen LogP contribution in [0.5, 0.6) is 0 Å². The third kappa shape index (κ3) is 4.14. The van der Waals surface area contributed by atoms with Crippen molar-refractivity contribution in [3.63, 3.8) is 0 Å². The first-order valence-corrected chi connectivity index (χ1v) is 7.45. The molecule has 1 aromatic carbocycles. The predicted octanol–water partition coefficient (Wildman–Crippen LogP) is 3.58. The van der Waals surface area contributed by atoms with Gasteiger partial charge in [-0.15, -0.1) is 5.10 Å². The van der Waals surface area contributed by atoms with E-state index in [-0.39, 0.29) is 0 Å². The number of anilines is 3. The lowest BCUT2D eigenvalue weighted by atomic mass is 10.2. The van der Waals surface area contributed by atoms with Gasteiger partial charge < -0.3 is 10.6 Å². The van der Waals surface area contributed by atoms with E-state index in [2.05, 4.69) is 30.8 Å². The number of hydrogen-bond acceptors (Lipinski definition) is 6. The van der Waals surface area contributed by atoms with E-state index in [0.717, 1.165) is 16.9 Å². The molecule has 0 spiro atoms. The summed E-state index contributed by atoms with van der Waals surface area (Å²) in [6.07, 6.45) is 3.31. The Morgan fingerprint density at radius 3 is 2.91 bits per heavy atom. The standard InChI is InChI=1S/C16H15ClN6/c1-11-5-6-12(17)8-14(11)21-15-10-20-23-16(22-15)19-9-13-4-2-3-7-18-13/h2-8,10H,9H2,1H3,(H2,19,21,22,23). The molecule has 0 unspecified atom stereocenters. The summed E-state index contributed by atoms with van der Waals surface area (Å²) in [5.41, 5.74) is 2.85. The summed E-state index contributed by atoms with van der Waals surface area (Å²) in [6.45, 7) is 2.52. The molecule has 23 heavy (non-hydrogen) atoms. The van der Waals surface area contributed by atoms with Crippen molar-refractivity contribution in [2.24, 2.45) is 0 Å². The molecule has 2 heterocycles. The molecule has 3 rings (SSSR count). The van der Waals surface area contributed by atoms with Crippen LogP contribution in [-0.4, -0.2) is 20.2 Å². The molecule has 116 valence electrons. The Hall–Kier alpha value is -2.73. The van der Waals surface area contributed by atoms with E-state index in [9.17, 15) is 0 Å². The molecule has 0 aliphatic heterocycles. The highest BCUT2D eigenvalue weighted by atomic mass is 35.5. The number of nitrogens with zero attached hydrogens (tertiary/aromatic N) is 4. The van der Waals surface area contributed by atoms with E-state index >= 15 is 0 Å². The molecule has 0 saturated heterocycles. The van der Waals surface area contributed by atoms with Crippen LogP contribution >= 0.6 is 11.6 Å². The van der Waals surface area contributed by atoms with Crippen molar-refractivity contribution in [1.82, 2.24) is 20.2 Å². The Labute approximate surface area is 139 Å². The highest BCUT2D eigenvalue weighted by Gasteiger charge is 2.04. The number of aryl methyl sites for hydroxylation is 1. The minimum atomic E-state index is 0.431. The first kappa shape index (κ1) is 15.2. The third-order valence-electron chi connectivity index (χ3n) is 3.17. The molecule has 0 aliphatic rings. The minimum absolute atomic E-state index is 0.431. The summed E-state index contributed by atoms with van der Waals surface area (Å²) >= 11 is 6.02. The Kier molecular flexibility index (Phi) is 4.63. The Balaban J connectivity index is 1.71. The zero-order valence-electron chi connectivity index (χ0n) is 12.5. The number of halogens is 1. The van der Waals surface area contributed by atoms with Gasteiger partial charge in [-0.05, 0) is 36.8 Å². The number of pyridine rings is 1. The molecule has 0 radical (unpaired) electrons. The van der Waals surface area contributed by atoms with Gasteiger partial charge in [0.25, 0.3) is 0 Å². The molecular weight excluding hydrogens is 312 g/mol. The smallest absolute Gasteiger partial charge is 0.245 e. The Bertz CT molecular complexity index is 794. The van der Waals surface area contributed by atoms with Crippen LogP contribution in [0.15, 0.2) is 48.8 Å². The fourth-order valence-corrected chi connectivity index (χ4v) is 2.15. The van der Waals surface area contributed by atoms with Gasteiger partial charge in [0, 0.05) is 16.9 Å². The minimum Gasteiger partial charge on any atom is -0.347 e. The molecule has 0 amide bonds. The average Bonchev–Trinajstić information content (AvgIpc) is 2.58. The number of nitrogens with one attached hydrogen (secondary N) is 2. The average molecular weight is 327 g/mol. The van der Waals surface area contributed by atoms with Crippen molar-refractivity contribution in [3.05, 3.63) is 65.1 Å². The lowest BCUT2D eigenvalue weighted by Gasteiger charge is -2.10. The number of rotatable bonds is 5. The quantitative estimate of drug-likeness (QED) is 0.746. The maximum absolute atomic E-state index is 6.02. The fraction of sp³-hybridized carbons (Fsp3) is 0.125. The third-order valence-corrected chi connectivity index (χ3v) is 3.41. The van der Waals surface area contributed by atoms with E-state index in [0.29, 0.717) is 23.3 Å². The van der Waals surface area contributed by atoms with Crippen LogP contribution in [0.2, 0.25) is 5.02 Å². The van der Waals surface area contributed by atoms with Gasteiger partial charge in [0.2, 0.25) is 5.95 Å². The first-order chi connectivity index (χ1) is 11.2. The van der Waals surface area contributed by atoms with E-state index in [4.69, 9.17) is 11.6 Å². The first-order valence-electron chi connectivity index (χ1n) is 7.07. The number of aromatic nitrogens is 4. The van der Waals surface area contributed by atoms with Crippen molar-refractivity contribution in [1.29, 1.82) is 0 Å². The van der Waals surface area contributed by atoms with E-state index in [1.165, 1.54) is 0 Å². The molecule has 6 nitrogen and oxygen atoms in total. The van der Waals surface area contributed by atoms with Crippen molar-refractivity contribution in [3.8, 4) is 0 Å². The van der Waals surface area contributed by atoms with Gasteiger partial charge in [-0.25, -0.2) is 0 Å². The summed E-state index contributed by atoms with van der Waals surface area (Å²) in [6, 6.07) is 11.4. The molecule has 0 fully saturated rings. The molecule has 0 saturated carbocycles. The Morgan fingerprint density at radius 2 is 2.09 bits per heavy atom. The van der Waals surface area contributed by atoms with Crippen LogP contribution in [0, 0.1) is 6.92 Å². The SMILES string of the molecule is Cc1ccc(Cl)cc1Nc1cnnc(NCc2ccccn2)n1. The van der Waals surface area contributed by atoms with Crippen LogP contribution in [0.25, 0.3) is 0 Å². The largest absolute Gasteiger partial charge is 0.347 e. The highest BCUT2D eigenvalue weighted by Crippen LogP contribution is 2.23. The normalized spacial score (nSPS) is 10.3. The second-order valence-corrected chi connectivity index (χ2v) is 5.36. The second-order valence-electron chi connectivity index (χ2n) is 4.92. The topological polar surface area (TPSA) is 75.6 Å². The summed E-state index contributed by atoms with van der Waals surface area (Å²) < 4.78 is 0. The van der Waals surface area contributed by atoms with Gasteiger partial charge in [-0.2, -0.15) is 10.1 Å². The zero-order valence-corrected chi connectivity index (χ0v) is 13.2. The number of hydrogen-bond donors (Lipinski definition) is 2. The van der Waals surface area contributed by atoms with Crippen molar-refractivity contribution < 1.29 is 0 Å². The molecule has 3 aromatic rings. The van der Waals surface area contributed by atoms with E-state index in [1.54, 1.807) is 12.4 Å². The summed E-state index contributed by atoms with van der Waals surface area (Å²) in [5.74, 6) is 1.02. The van der Waals surface area contributed by atoms with Crippen molar-refractivity contribution in [2.45, 2.75) is 13.5 Å². The van der Waals surface area contributed by atoms with Gasteiger partial charge in [-0.3, -0.25) is 4.98 Å². The van der Waals surface area contributed by atoms with Crippen LogP contribution in [0.3, 0.4) is 0 Å². The van der Waals surface area contributed by atoms with E-state index < -0.39 is 0 Å². The summed E-state index contributed by atoms with van der Waals surface area (Å²) in [5, 5.41) is 14.9. The monoisotopic (exact) mass is 326 g/mol. The molecule has 0 atom stereocenters. The zero-order chi connectivity index (χ0) is 16.1. The Morgan fingerprint density at radius 1 is 1.17 bits per heavy atom. The van der Waals surface area contributed by atoms with Crippen LogP contribution < -0.4 is 10.6 Å². The summed E-state index contributed by atoms with van der Waals surface area (Å²) in [7, 11) is 0. The van der Waals surface area contributed by atoms with Gasteiger partial charge in [0.15, 0.2) is 5.82 Å². The van der Waals surface area contributed by atoms with Gasteiger partial charge >= 0.3 is 0 Å². The second kappa shape index (κ2) is 7.02. The van der Waals surface area contributed by atoms with Gasteiger partial charge in [0.05, 0.1) is 18.4 Å². The van der Waals surface area contributed by atoms with Gasteiger partial charge in [0.1, 0.15) is 0 Å².